The van der Waals surface area contributed by atoms with Gasteiger partial charge in [0.2, 0.25) is 0 Å². The maximum absolute atomic E-state index is 10.9. The van der Waals surface area contributed by atoms with E-state index in [1.807, 2.05) is 0 Å². The van der Waals surface area contributed by atoms with Crippen molar-refractivity contribution in [3.05, 3.63) is 0 Å². The van der Waals surface area contributed by atoms with Crippen molar-refractivity contribution in [1.29, 1.82) is 0 Å². The molecule has 266 valence electrons. The lowest BCUT2D eigenvalue weighted by Gasteiger charge is -2.35. The topological polar surface area (TPSA) is 78.5 Å². The second kappa shape index (κ2) is 34.2. The standard InChI is InChI=1S/C40H84N2O2/c1-4-7-9-11-13-15-17-19-21-23-25-27-29-33-38(43)34-31-32-37-42-40(41,36-6-3)39(44)35-30-28-26-24-22-20-18-16-14-12-10-8-5-2/h38-39,42-44H,4-37,41H2,1-3H3. The van der Waals surface area contributed by atoms with Gasteiger partial charge in [0, 0.05) is 0 Å². The molecule has 0 aromatic rings. The van der Waals surface area contributed by atoms with Crippen molar-refractivity contribution in [2.45, 2.75) is 251 Å². The van der Waals surface area contributed by atoms with Gasteiger partial charge < -0.3 is 15.9 Å². The van der Waals surface area contributed by atoms with Crippen molar-refractivity contribution < 1.29 is 10.2 Å². The minimum atomic E-state index is -0.681. The third-order valence-electron chi connectivity index (χ3n) is 9.90. The number of nitrogens with two attached hydrogens (primary N) is 1. The van der Waals surface area contributed by atoms with E-state index >= 15 is 0 Å². The fourth-order valence-corrected chi connectivity index (χ4v) is 6.77. The van der Waals surface area contributed by atoms with Gasteiger partial charge in [-0.3, -0.25) is 5.32 Å². The summed E-state index contributed by atoms with van der Waals surface area (Å²) in [6.45, 7) is 7.53. The summed E-state index contributed by atoms with van der Waals surface area (Å²) in [5.74, 6) is 0. The highest BCUT2D eigenvalue weighted by atomic mass is 16.3. The fraction of sp³-hybridized carbons (Fsp3) is 1.00. The highest BCUT2D eigenvalue weighted by molar-refractivity contribution is 4.88. The Labute approximate surface area is 277 Å². The van der Waals surface area contributed by atoms with Crippen LogP contribution in [0, 0.1) is 0 Å². The first kappa shape index (κ1) is 43.8. The van der Waals surface area contributed by atoms with Crippen LogP contribution in [0.15, 0.2) is 0 Å². The van der Waals surface area contributed by atoms with Gasteiger partial charge in [-0.2, -0.15) is 0 Å². The Kier molecular flexibility index (Phi) is 34.1. The lowest BCUT2D eigenvalue weighted by molar-refractivity contribution is 0.0461. The Bertz CT molecular complexity index is 545. The largest absolute Gasteiger partial charge is 0.393 e. The van der Waals surface area contributed by atoms with Gasteiger partial charge in [-0.25, -0.2) is 0 Å². The van der Waals surface area contributed by atoms with Gasteiger partial charge in [-0.1, -0.05) is 194 Å². The minimum Gasteiger partial charge on any atom is -0.393 e. The van der Waals surface area contributed by atoms with Gasteiger partial charge in [0.05, 0.1) is 17.9 Å². The molecule has 5 N–H and O–H groups in total. The van der Waals surface area contributed by atoms with Gasteiger partial charge in [-0.05, 0) is 45.1 Å². The SMILES string of the molecule is CCCCCCCCCCCCCCCC(O)CCCCNC(N)(CCC)C(O)CCCCCCCCCCCCCCC. The molecule has 0 aliphatic rings. The Hall–Kier alpha value is -0.160. The van der Waals surface area contributed by atoms with Gasteiger partial charge in [0.25, 0.3) is 0 Å². The van der Waals surface area contributed by atoms with Crippen LogP contribution in [0.2, 0.25) is 0 Å². The summed E-state index contributed by atoms with van der Waals surface area (Å²) >= 11 is 0. The average Bonchev–Trinajstić information content (AvgIpc) is 3.01. The molecule has 0 aromatic carbocycles. The molecule has 0 saturated carbocycles. The number of hydrogen-bond acceptors (Lipinski definition) is 4. The van der Waals surface area contributed by atoms with E-state index in [4.69, 9.17) is 5.73 Å². The number of aliphatic hydroxyl groups excluding tert-OH is 2. The van der Waals surface area contributed by atoms with E-state index < -0.39 is 11.8 Å². The van der Waals surface area contributed by atoms with Crippen LogP contribution in [0.1, 0.15) is 233 Å². The molecule has 0 fully saturated rings. The van der Waals surface area contributed by atoms with Crippen molar-refractivity contribution in [2.24, 2.45) is 5.73 Å². The molecular weight excluding hydrogens is 540 g/mol. The lowest BCUT2D eigenvalue weighted by Crippen LogP contribution is -2.61. The first-order valence-corrected chi connectivity index (χ1v) is 20.4. The van der Waals surface area contributed by atoms with Crippen molar-refractivity contribution in [3.63, 3.8) is 0 Å². The van der Waals surface area contributed by atoms with Gasteiger partial charge in [0.15, 0.2) is 0 Å². The van der Waals surface area contributed by atoms with Crippen LogP contribution in [-0.2, 0) is 0 Å². The van der Waals surface area contributed by atoms with E-state index in [0.29, 0.717) is 0 Å². The van der Waals surface area contributed by atoms with Crippen LogP contribution in [0.3, 0.4) is 0 Å². The molecular formula is C40H84N2O2. The van der Waals surface area contributed by atoms with Crippen LogP contribution in [-0.4, -0.2) is 34.6 Å². The van der Waals surface area contributed by atoms with Crippen molar-refractivity contribution in [3.8, 4) is 0 Å². The van der Waals surface area contributed by atoms with Crippen molar-refractivity contribution in [1.82, 2.24) is 5.32 Å². The summed E-state index contributed by atoms with van der Waals surface area (Å²) in [6.07, 6.45) is 41.0. The zero-order valence-electron chi connectivity index (χ0n) is 30.7. The monoisotopic (exact) mass is 625 g/mol. The van der Waals surface area contributed by atoms with E-state index in [0.717, 1.165) is 64.3 Å². The van der Waals surface area contributed by atoms with Gasteiger partial charge in [-0.15, -0.1) is 0 Å². The molecule has 0 radical (unpaired) electrons. The Morgan fingerprint density at radius 3 is 1.11 bits per heavy atom. The molecule has 0 spiro atoms. The highest BCUT2D eigenvalue weighted by Gasteiger charge is 2.31. The zero-order chi connectivity index (χ0) is 32.4. The summed E-state index contributed by atoms with van der Waals surface area (Å²) in [7, 11) is 0. The Morgan fingerprint density at radius 1 is 0.432 bits per heavy atom. The van der Waals surface area contributed by atoms with E-state index in [2.05, 4.69) is 26.1 Å². The Balaban J connectivity index is 3.72. The number of nitrogens with one attached hydrogen (secondary N) is 1. The molecule has 0 aromatic heterocycles. The van der Waals surface area contributed by atoms with Crippen molar-refractivity contribution >= 4 is 0 Å². The average molecular weight is 625 g/mol. The predicted octanol–water partition coefficient (Wildman–Crippen LogP) is 11.9. The minimum absolute atomic E-state index is 0.165. The van der Waals surface area contributed by atoms with E-state index in [1.165, 1.54) is 154 Å². The number of hydrogen-bond donors (Lipinski definition) is 4. The quantitative estimate of drug-likeness (QED) is 0.0409. The summed E-state index contributed by atoms with van der Waals surface area (Å²) < 4.78 is 0. The van der Waals surface area contributed by atoms with Crippen LogP contribution in [0.4, 0.5) is 0 Å². The molecule has 0 heterocycles. The number of aliphatic hydroxyl groups is 2. The molecule has 0 amide bonds. The lowest BCUT2D eigenvalue weighted by atomic mass is 9.93. The normalized spacial score (nSPS) is 14.6. The van der Waals surface area contributed by atoms with Crippen LogP contribution < -0.4 is 11.1 Å². The molecule has 4 heteroatoms. The first-order chi connectivity index (χ1) is 21.5. The third kappa shape index (κ3) is 29.3. The molecule has 3 unspecified atom stereocenters. The fourth-order valence-electron chi connectivity index (χ4n) is 6.77. The molecule has 0 aliphatic carbocycles. The molecule has 4 nitrogen and oxygen atoms in total. The second-order valence-electron chi connectivity index (χ2n) is 14.4. The van der Waals surface area contributed by atoms with Crippen LogP contribution >= 0.6 is 0 Å². The van der Waals surface area contributed by atoms with Gasteiger partial charge >= 0.3 is 0 Å². The van der Waals surface area contributed by atoms with Crippen molar-refractivity contribution in [2.75, 3.05) is 6.54 Å². The van der Waals surface area contributed by atoms with E-state index in [-0.39, 0.29) is 6.10 Å². The third-order valence-corrected chi connectivity index (χ3v) is 9.90. The van der Waals surface area contributed by atoms with E-state index in [9.17, 15) is 10.2 Å². The predicted molar refractivity (Wildman–Crippen MR) is 196 cm³/mol. The highest BCUT2D eigenvalue weighted by Crippen LogP contribution is 2.20. The number of unbranched alkanes of at least 4 members (excludes halogenated alkanes) is 25. The molecule has 0 saturated heterocycles. The first-order valence-electron chi connectivity index (χ1n) is 20.4. The molecule has 0 bridgehead atoms. The molecule has 3 atom stereocenters. The van der Waals surface area contributed by atoms with Gasteiger partial charge in [0.1, 0.15) is 0 Å². The molecule has 0 aliphatic heterocycles. The van der Waals surface area contributed by atoms with Crippen LogP contribution in [0.25, 0.3) is 0 Å². The summed E-state index contributed by atoms with van der Waals surface area (Å²) in [6, 6.07) is 0. The Morgan fingerprint density at radius 2 is 0.750 bits per heavy atom. The second-order valence-corrected chi connectivity index (χ2v) is 14.4. The summed E-state index contributed by atoms with van der Waals surface area (Å²) in [5.41, 5.74) is 6.01. The summed E-state index contributed by atoms with van der Waals surface area (Å²) in [4.78, 5) is 0. The number of rotatable bonds is 37. The summed E-state index contributed by atoms with van der Waals surface area (Å²) in [5, 5.41) is 24.9. The maximum Gasteiger partial charge on any atom is 0.0928 e. The van der Waals surface area contributed by atoms with Crippen LogP contribution in [0.5, 0.6) is 0 Å². The smallest absolute Gasteiger partial charge is 0.0928 e. The van der Waals surface area contributed by atoms with E-state index in [1.54, 1.807) is 0 Å². The molecule has 0 rings (SSSR count). The molecule has 44 heavy (non-hydrogen) atoms. The maximum atomic E-state index is 10.9. The zero-order valence-corrected chi connectivity index (χ0v) is 30.7.